The van der Waals surface area contributed by atoms with Crippen LogP contribution < -0.4 is 0 Å². The number of fused-ring (bicyclic) bond motifs is 14. The minimum atomic E-state index is -0.942. The van der Waals surface area contributed by atoms with Crippen LogP contribution in [0.15, 0.2) is 97.9 Å². The first-order valence-electron chi connectivity index (χ1n) is 34.9. The zero-order valence-corrected chi connectivity index (χ0v) is 57.7. The zero-order valence-electron chi connectivity index (χ0n) is 57.0. The quantitative estimate of drug-likeness (QED) is 0.0958. The molecule has 3 aromatic heterocycles. The Morgan fingerprint density at radius 2 is 0.922 bits per heavy atom. The number of ether oxygens (including phenoxy) is 1. The van der Waals surface area contributed by atoms with Gasteiger partial charge in [0.1, 0.15) is 0 Å². The molecular formula is C78H112ClN3O8. The van der Waals surface area contributed by atoms with Crippen LogP contribution in [0.2, 0.25) is 0 Å². The molecule has 90 heavy (non-hydrogen) atoms. The minimum Gasteiger partial charge on any atom is -0.478 e. The van der Waals surface area contributed by atoms with Gasteiger partial charge < -0.3 is 25.2 Å². The maximum Gasteiger partial charge on any atom is 0.339 e. The molecule has 0 aromatic carbocycles. The Balaban J connectivity index is 0.000000157. The molecule has 0 bridgehead atoms. The van der Waals surface area contributed by atoms with Crippen molar-refractivity contribution in [1.82, 2.24) is 15.0 Å². The van der Waals surface area contributed by atoms with E-state index in [0.29, 0.717) is 98.8 Å². The van der Waals surface area contributed by atoms with Crippen LogP contribution in [0.25, 0.3) is 0 Å². The number of nitrogens with zero attached hydrogens (tertiary/aromatic N) is 3. The molecule has 10 aliphatic carbocycles. The van der Waals surface area contributed by atoms with Crippen LogP contribution in [-0.4, -0.2) is 78.0 Å². The Kier molecular flexibility index (Phi) is 19.1. The monoisotopic (exact) mass is 1250 g/mol. The van der Waals surface area contributed by atoms with Gasteiger partial charge in [0.15, 0.2) is 0 Å². The molecule has 0 spiro atoms. The number of esters is 1. The minimum absolute atomic E-state index is 0.0115. The van der Waals surface area contributed by atoms with Gasteiger partial charge in [0.2, 0.25) is 0 Å². The summed E-state index contributed by atoms with van der Waals surface area (Å²) in [6.07, 6.45) is 33.1. The van der Waals surface area contributed by atoms with Gasteiger partial charge >= 0.3 is 11.9 Å². The van der Waals surface area contributed by atoms with Gasteiger partial charge in [-0.3, -0.25) is 19.7 Å². The van der Waals surface area contributed by atoms with Crippen molar-refractivity contribution in [3.63, 3.8) is 0 Å². The summed E-state index contributed by atoms with van der Waals surface area (Å²) in [5.41, 5.74) is 6.01. The maximum absolute atomic E-state index is 13.0. The number of hydrogen-bond acceptors (Lipinski definition) is 10. The summed E-state index contributed by atoms with van der Waals surface area (Å²) in [6.45, 7) is 39.6. The van der Waals surface area contributed by atoms with Gasteiger partial charge in [0.25, 0.3) is 5.24 Å². The number of carboxylic acid groups (broad SMARTS) is 1. The fourth-order valence-corrected chi connectivity index (χ4v) is 24.9. The number of halogens is 1. The SMILES string of the molecule is C=C(C)[C@@H]1CC[C@]2(CO)CC[C@]3(C)C(CCC4[C@@]5(C)CC[C@H](O)C(C)(C)C5CC[C@]43C)C12.C=C(C)[C@@H]1CC[C@]2(COC(=O)c3cccnc3)CC[C@]3(C)C(CCC4[C@@]5(C)CC[C@H](O)C(C)(C)C5CC[C@]43C)C12.O=C(Cl)c1cccnc1.O=C(O)c1cccnc1. The predicted molar refractivity (Wildman–Crippen MR) is 357 cm³/mol. The first-order chi connectivity index (χ1) is 42.3. The van der Waals surface area contributed by atoms with Crippen molar-refractivity contribution in [2.45, 2.75) is 224 Å². The van der Waals surface area contributed by atoms with E-state index in [-0.39, 0.29) is 50.8 Å². The number of carboxylic acids is 1. The number of carbonyl (C=O) groups excluding carboxylic acids is 2. The van der Waals surface area contributed by atoms with Crippen LogP contribution in [-0.2, 0) is 4.74 Å². The number of aliphatic hydroxyl groups is 3. The van der Waals surface area contributed by atoms with Gasteiger partial charge in [-0.05, 0) is 298 Å². The van der Waals surface area contributed by atoms with Gasteiger partial charge in [-0.25, -0.2) is 9.59 Å². The molecule has 11 nitrogen and oxygen atoms in total. The molecule has 0 radical (unpaired) electrons. The van der Waals surface area contributed by atoms with Crippen LogP contribution in [0.4, 0.5) is 0 Å². The first kappa shape index (κ1) is 68.6. The van der Waals surface area contributed by atoms with Crippen LogP contribution in [0.1, 0.15) is 243 Å². The van der Waals surface area contributed by atoms with E-state index in [9.17, 15) is 29.7 Å². The molecule has 10 fully saturated rings. The predicted octanol–water partition coefficient (Wildman–Crippen LogP) is 17.5. The second kappa shape index (κ2) is 25.1. The van der Waals surface area contributed by atoms with E-state index in [1.165, 1.54) is 132 Å². The summed E-state index contributed by atoms with van der Waals surface area (Å²) in [7, 11) is 0. The van der Waals surface area contributed by atoms with Crippen LogP contribution >= 0.6 is 11.6 Å². The third-order valence-corrected chi connectivity index (χ3v) is 30.2. The average Bonchev–Trinajstić information content (AvgIpc) is 0.925. The number of pyridine rings is 3. The number of carbonyl (C=O) groups is 3. The lowest BCUT2D eigenvalue weighted by Crippen LogP contribution is -2.66. The van der Waals surface area contributed by atoms with Crippen molar-refractivity contribution in [3.8, 4) is 0 Å². The van der Waals surface area contributed by atoms with E-state index in [1.807, 2.05) is 0 Å². The number of aliphatic hydroxyl groups excluding tert-OH is 3. The number of aromatic nitrogens is 3. The van der Waals surface area contributed by atoms with E-state index in [0.717, 1.165) is 43.9 Å². The molecule has 3 heterocycles. The fourth-order valence-electron chi connectivity index (χ4n) is 24.8. The number of rotatable bonds is 8. The summed E-state index contributed by atoms with van der Waals surface area (Å²) in [6, 6.07) is 9.97. The molecular weight excluding hydrogens is 1140 g/mol. The summed E-state index contributed by atoms with van der Waals surface area (Å²) < 4.78 is 6.13. The van der Waals surface area contributed by atoms with Crippen molar-refractivity contribution in [2.75, 3.05) is 13.2 Å². The molecule has 0 aliphatic heterocycles. The molecule has 3 aromatic rings. The molecule has 0 saturated heterocycles. The maximum atomic E-state index is 13.0. The standard InChI is InChI=1S/C36H53NO3.C30H50O2.C6H4ClNO.C6H5NO2/c1-23(2)25-12-17-36(22-40-31(39)24-9-8-20-37-21-24)19-18-34(6)26(30(25)36)10-11-28-33(5)15-14-29(38)32(3,4)27(33)13-16-35(28,34)7;1-19(2)20-10-15-30(18-31)17-16-28(6)21(25(20)30)8-9-23-27(5)13-12-24(32)26(3,4)22(27)11-14-29(23,28)7;7-6(9)5-2-1-3-8-4-5;8-6(9)5-2-1-3-7-4-5/h8-9,20-21,25-30,38H,1,10-19,22H2,2-7H3;20-25,31-32H,1,8-18H2,2-7H3;1-4H;1-4H,(H,8,9)/t25-,26?,27?,28?,29-,30?,33-,34+,35+,36+;20-,21?,22?,23?,24-,25?,27-,28+,29+,30+;;/m00../s1. The highest BCUT2D eigenvalue weighted by molar-refractivity contribution is 6.67. The largest absolute Gasteiger partial charge is 0.478 e. The highest BCUT2D eigenvalue weighted by Crippen LogP contribution is 2.80. The third-order valence-electron chi connectivity index (χ3n) is 29.9. The number of aromatic carboxylic acids is 1. The smallest absolute Gasteiger partial charge is 0.339 e. The highest BCUT2D eigenvalue weighted by Gasteiger charge is 2.73. The van der Waals surface area contributed by atoms with Crippen molar-refractivity contribution in [3.05, 3.63) is 115 Å². The molecule has 10 saturated carbocycles. The van der Waals surface area contributed by atoms with Crippen molar-refractivity contribution in [1.29, 1.82) is 0 Å². The van der Waals surface area contributed by atoms with Crippen molar-refractivity contribution >= 4 is 28.8 Å². The molecule has 12 heteroatoms. The summed E-state index contributed by atoms with van der Waals surface area (Å²) in [5.74, 6) is 5.11. The van der Waals surface area contributed by atoms with Crippen molar-refractivity contribution < 1.29 is 39.5 Å². The van der Waals surface area contributed by atoms with Gasteiger partial charge in [-0.15, -0.1) is 0 Å². The van der Waals surface area contributed by atoms with Crippen LogP contribution in [0.5, 0.6) is 0 Å². The van der Waals surface area contributed by atoms with Crippen LogP contribution in [0, 0.1) is 113 Å². The normalized spacial score (nSPS) is 42.9. The van der Waals surface area contributed by atoms with E-state index in [1.54, 1.807) is 48.9 Å². The number of hydrogen-bond donors (Lipinski definition) is 4. The van der Waals surface area contributed by atoms with Gasteiger partial charge in [0.05, 0.1) is 35.5 Å². The lowest BCUT2D eigenvalue weighted by molar-refractivity contribution is -0.249. The first-order valence-corrected chi connectivity index (χ1v) is 35.2. The Morgan fingerprint density at radius 1 is 0.511 bits per heavy atom. The molecule has 13 rings (SSSR count). The molecule has 494 valence electrons. The van der Waals surface area contributed by atoms with Gasteiger partial charge in [0, 0.05) is 49.2 Å². The van der Waals surface area contributed by atoms with E-state index < -0.39 is 11.2 Å². The molecule has 20 atom stereocenters. The second-order valence-corrected chi connectivity index (χ2v) is 34.2. The number of allylic oxidation sites excluding steroid dienone is 2. The highest BCUT2D eigenvalue weighted by atomic mass is 35.5. The third kappa shape index (κ3) is 11.1. The Labute approximate surface area is 545 Å². The Morgan fingerprint density at radius 3 is 1.30 bits per heavy atom. The van der Waals surface area contributed by atoms with E-state index in [2.05, 4.69) is 111 Å². The lowest BCUT2D eigenvalue weighted by Gasteiger charge is -2.73. The summed E-state index contributed by atoms with van der Waals surface area (Å²) in [5, 5.41) is 40.4. The topological polar surface area (TPSA) is 180 Å². The second-order valence-electron chi connectivity index (χ2n) is 33.9. The Hall–Kier alpha value is -4.29. The molecule has 4 N–H and O–H groups in total. The fraction of sp³-hybridized carbons (Fsp3) is 0.718. The molecule has 0 amide bonds. The molecule has 10 aliphatic rings. The molecule has 8 unspecified atom stereocenters. The van der Waals surface area contributed by atoms with Gasteiger partial charge in [-0.1, -0.05) is 93.5 Å². The zero-order chi connectivity index (χ0) is 65.4. The summed E-state index contributed by atoms with van der Waals surface area (Å²) in [4.78, 5) is 45.0. The lowest BCUT2D eigenvalue weighted by atomic mass is 9.32. The van der Waals surface area contributed by atoms with E-state index in [4.69, 9.17) is 21.4 Å². The van der Waals surface area contributed by atoms with Crippen LogP contribution in [0.3, 0.4) is 0 Å². The Bertz CT molecular complexity index is 3060. The van der Waals surface area contributed by atoms with Gasteiger partial charge in [-0.2, -0.15) is 0 Å². The average molecular weight is 1260 g/mol. The van der Waals surface area contributed by atoms with Crippen molar-refractivity contribution in [2.24, 2.45) is 113 Å². The summed E-state index contributed by atoms with van der Waals surface area (Å²) >= 11 is 5.12. The van der Waals surface area contributed by atoms with E-state index >= 15 is 0 Å².